The second kappa shape index (κ2) is 5.77. The molecule has 0 N–H and O–H groups in total. The molecule has 0 unspecified atom stereocenters. The van der Waals surface area contributed by atoms with Crippen molar-refractivity contribution in [3.05, 3.63) is 60.9 Å². The molecular formula is C20H15N3O3. The van der Waals surface area contributed by atoms with Crippen LogP contribution in [-0.2, 0) is 0 Å². The second-order valence-electron chi connectivity index (χ2n) is 5.90. The molecule has 128 valence electrons. The zero-order valence-electron chi connectivity index (χ0n) is 14.0. The molecule has 0 fully saturated rings. The van der Waals surface area contributed by atoms with E-state index in [0.29, 0.717) is 5.78 Å². The number of methoxy groups -OCH3 is 1. The Labute approximate surface area is 149 Å². The Morgan fingerprint density at radius 1 is 1.00 bits per heavy atom. The van der Waals surface area contributed by atoms with Crippen LogP contribution >= 0.6 is 0 Å². The van der Waals surface area contributed by atoms with E-state index < -0.39 is 0 Å². The average molecular weight is 345 g/mol. The van der Waals surface area contributed by atoms with Gasteiger partial charge in [0.2, 0.25) is 12.6 Å². The first-order valence-corrected chi connectivity index (χ1v) is 8.21. The van der Waals surface area contributed by atoms with Crippen LogP contribution in [0.4, 0.5) is 0 Å². The number of aromatic nitrogens is 3. The van der Waals surface area contributed by atoms with E-state index in [0.717, 1.165) is 39.8 Å². The summed E-state index contributed by atoms with van der Waals surface area (Å²) in [5.41, 5.74) is 3.78. The van der Waals surface area contributed by atoms with Gasteiger partial charge in [-0.1, -0.05) is 0 Å². The third-order valence-corrected chi connectivity index (χ3v) is 4.41. The minimum atomic E-state index is 0.249. The highest BCUT2D eigenvalue weighted by Crippen LogP contribution is 2.39. The maximum absolute atomic E-state index is 5.54. The smallest absolute Gasteiger partial charge is 0.234 e. The lowest BCUT2D eigenvalue weighted by Gasteiger charge is -2.07. The van der Waals surface area contributed by atoms with E-state index in [1.165, 1.54) is 0 Å². The molecule has 2 aromatic heterocycles. The maximum Gasteiger partial charge on any atom is 0.234 e. The molecule has 0 bridgehead atoms. The standard InChI is InChI=1S/C20H15N3O3/c1-24-15-6-3-13(4-7-15)18-19(23-10-2-9-21-20(23)22-18)14-5-8-16-17(11-14)26-12-25-16/h2-11H,12H2,1H3. The SMILES string of the molecule is COc1ccc(-c2nc3ncccn3c2-c2ccc3c(c2)OCO3)cc1. The van der Waals surface area contributed by atoms with Crippen LogP contribution in [0.3, 0.4) is 0 Å². The molecule has 1 aliphatic heterocycles. The predicted octanol–water partition coefficient (Wildman–Crippen LogP) is 3.80. The molecular weight excluding hydrogens is 330 g/mol. The number of hydrogen-bond acceptors (Lipinski definition) is 5. The molecule has 0 spiro atoms. The molecule has 0 aliphatic carbocycles. The number of benzene rings is 2. The van der Waals surface area contributed by atoms with Crippen LogP contribution in [0, 0.1) is 0 Å². The number of hydrogen-bond donors (Lipinski definition) is 0. The van der Waals surface area contributed by atoms with Gasteiger partial charge in [-0.05, 0) is 48.5 Å². The molecule has 6 heteroatoms. The Morgan fingerprint density at radius 2 is 1.81 bits per heavy atom. The topological polar surface area (TPSA) is 57.9 Å². The predicted molar refractivity (Wildman–Crippen MR) is 96.5 cm³/mol. The molecule has 5 rings (SSSR count). The second-order valence-corrected chi connectivity index (χ2v) is 5.90. The van der Waals surface area contributed by atoms with Crippen molar-refractivity contribution in [2.24, 2.45) is 0 Å². The van der Waals surface area contributed by atoms with Crippen LogP contribution in [0.2, 0.25) is 0 Å². The lowest BCUT2D eigenvalue weighted by molar-refractivity contribution is 0.174. The Kier molecular flexibility index (Phi) is 3.28. The van der Waals surface area contributed by atoms with Gasteiger partial charge in [-0.3, -0.25) is 4.40 Å². The van der Waals surface area contributed by atoms with Crippen LogP contribution in [0.5, 0.6) is 17.2 Å². The molecule has 2 aromatic carbocycles. The molecule has 0 radical (unpaired) electrons. The zero-order chi connectivity index (χ0) is 17.5. The van der Waals surface area contributed by atoms with Crippen LogP contribution in [0.15, 0.2) is 60.9 Å². The summed E-state index contributed by atoms with van der Waals surface area (Å²) in [5, 5.41) is 0. The number of ether oxygens (including phenoxy) is 3. The number of imidazole rings is 1. The quantitative estimate of drug-likeness (QED) is 0.565. The van der Waals surface area contributed by atoms with E-state index in [2.05, 4.69) is 4.98 Å². The molecule has 4 aromatic rings. The molecule has 0 saturated carbocycles. The van der Waals surface area contributed by atoms with E-state index in [4.69, 9.17) is 19.2 Å². The zero-order valence-corrected chi connectivity index (χ0v) is 14.0. The Bertz CT molecular complexity index is 1100. The Morgan fingerprint density at radius 3 is 2.65 bits per heavy atom. The summed E-state index contributed by atoms with van der Waals surface area (Å²) in [4.78, 5) is 9.14. The molecule has 3 heterocycles. The third-order valence-electron chi connectivity index (χ3n) is 4.41. The molecule has 6 nitrogen and oxygen atoms in total. The highest BCUT2D eigenvalue weighted by Gasteiger charge is 2.20. The van der Waals surface area contributed by atoms with Gasteiger partial charge in [0.25, 0.3) is 0 Å². The molecule has 0 amide bonds. The number of rotatable bonds is 3. The average Bonchev–Trinajstić information content (AvgIpc) is 3.31. The van der Waals surface area contributed by atoms with Gasteiger partial charge in [-0.15, -0.1) is 0 Å². The summed E-state index contributed by atoms with van der Waals surface area (Å²) >= 11 is 0. The van der Waals surface area contributed by atoms with Crippen molar-refractivity contribution in [2.45, 2.75) is 0 Å². The largest absolute Gasteiger partial charge is 0.497 e. The third kappa shape index (κ3) is 2.27. The van der Waals surface area contributed by atoms with E-state index in [1.54, 1.807) is 13.3 Å². The monoisotopic (exact) mass is 345 g/mol. The first-order valence-electron chi connectivity index (χ1n) is 8.21. The van der Waals surface area contributed by atoms with Crippen molar-refractivity contribution in [3.8, 4) is 39.8 Å². The summed E-state index contributed by atoms with van der Waals surface area (Å²) in [6.45, 7) is 0.249. The number of fused-ring (bicyclic) bond motifs is 2. The Balaban J connectivity index is 1.74. The van der Waals surface area contributed by atoms with Crippen molar-refractivity contribution in [2.75, 3.05) is 13.9 Å². The van der Waals surface area contributed by atoms with Gasteiger partial charge in [-0.2, -0.15) is 0 Å². The van der Waals surface area contributed by atoms with Gasteiger partial charge < -0.3 is 14.2 Å². The van der Waals surface area contributed by atoms with Crippen LogP contribution in [-0.4, -0.2) is 28.3 Å². The number of nitrogens with zero attached hydrogens (tertiary/aromatic N) is 3. The van der Waals surface area contributed by atoms with Crippen LogP contribution < -0.4 is 14.2 Å². The van der Waals surface area contributed by atoms with Gasteiger partial charge in [-0.25, -0.2) is 9.97 Å². The van der Waals surface area contributed by atoms with Crippen molar-refractivity contribution in [3.63, 3.8) is 0 Å². The van der Waals surface area contributed by atoms with Gasteiger partial charge in [0.15, 0.2) is 11.5 Å². The molecule has 26 heavy (non-hydrogen) atoms. The first-order chi connectivity index (χ1) is 12.8. The molecule has 0 saturated heterocycles. The fourth-order valence-corrected chi connectivity index (χ4v) is 3.16. The van der Waals surface area contributed by atoms with Crippen LogP contribution in [0.1, 0.15) is 0 Å². The molecule has 0 atom stereocenters. The fourth-order valence-electron chi connectivity index (χ4n) is 3.16. The van der Waals surface area contributed by atoms with Gasteiger partial charge in [0.05, 0.1) is 18.5 Å². The van der Waals surface area contributed by atoms with E-state index in [-0.39, 0.29) is 6.79 Å². The maximum atomic E-state index is 5.54. The van der Waals surface area contributed by atoms with Gasteiger partial charge in [0.1, 0.15) is 5.75 Å². The minimum Gasteiger partial charge on any atom is -0.497 e. The van der Waals surface area contributed by atoms with Gasteiger partial charge in [0, 0.05) is 23.5 Å². The van der Waals surface area contributed by atoms with Crippen molar-refractivity contribution >= 4 is 5.78 Å². The highest BCUT2D eigenvalue weighted by atomic mass is 16.7. The Hall–Kier alpha value is -3.54. The van der Waals surface area contributed by atoms with E-state index in [9.17, 15) is 0 Å². The normalized spacial score (nSPS) is 12.5. The minimum absolute atomic E-state index is 0.249. The highest BCUT2D eigenvalue weighted by molar-refractivity contribution is 5.82. The summed E-state index contributed by atoms with van der Waals surface area (Å²) in [7, 11) is 1.65. The van der Waals surface area contributed by atoms with E-state index in [1.807, 2.05) is 59.1 Å². The first kappa shape index (κ1) is 14.8. The molecule has 1 aliphatic rings. The van der Waals surface area contributed by atoms with Crippen molar-refractivity contribution < 1.29 is 14.2 Å². The summed E-state index contributed by atoms with van der Waals surface area (Å²) in [5.74, 6) is 2.94. The summed E-state index contributed by atoms with van der Waals surface area (Å²) < 4.78 is 18.2. The van der Waals surface area contributed by atoms with Gasteiger partial charge >= 0.3 is 0 Å². The van der Waals surface area contributed by atoms with E-state index >= 15 is 0 Å². The van der Waals surface area contributed by atoms with Crippen molar-refractivity contribution in [1.29, 1.82) is 0 Å². The summed E-state index contributed by atoms with van der Waals surface area (Å²) in [6.07, 6.45) is 3.70. The van der Waals surface area contributed by atoms with Crippen molar-refractivity contribution in [1.82, 2.24) is 14.4 Å². The lowest BCUT2D eigenvalue weighted by atomic mass is 10.0. The summed E-state index contributed by atoms with van der Waals surface area (Å²) in [6, 6.07) is 15.7. The van der Waals surface area contributed by atoms with Crippen LogP contribution in [0.25, 0.3) is 28.3 Å². The lowest BCUT2D eigenvalue weighted by Crippen LogP contribution is -1.93. The fraction of sp³-hybridized carbons (Fsp3) is 0.100.